The molecule has 0 aliphatic rings. The van der Waals surface area contributed by atoms with Crippen LogP contribution in [0.2, 0.25) is 0 Å². The third-order valence-electron chi connectivity index (χ3n) is 2.92. The van der Waals surface area contributed by atoms with Crippen LogP contribution >= 0.6 is 12.4 Å². The predicted molar refractivity (Wildman–Crippen MR) is 85.8 cm³/mol. The lowest BCUT2D eigenvalue weighted by Crippen LogP contribution is -2.25. The summed E-state index contributed by atoms with van der Waals surface area (Å²) in [6.07, 6.45) is 0.636. The van der Waals surface area contributed by atoms with Crippen LogP contribution in [0.25, 0.3) is 0 Å². The number of halogens is 1. The summed E-state index contributed by atoms with van der Waals surface area (Å²) in [6.45, 7) is 6.44. The molecule has 1 amide bonds. The third kappa shape index (κ3) is 5.73. The van der Waals surface area contributed by atoms with Crippen molar-refractivity contribution in [1.82, 2.24) is 0 Å². The molecule has 0 fully saturated rings. The number of esters is 1. The number of amides is 1. The smallest absolute Gasteiger partial charge is 0.397 e. The molecule has 6 heteroatoms. The molecule has 0 spiro atoms. The molecule has 0 bridgehead atoms. The van der Waals surface area contributed by atoms with Crippen molar-refractivity contribution >= 4 is 30.0 Å². The highest BCUT2D eigenvalue weighted by Crippen LogP contribution is 2.23. The molecule has 0 atom stereocenters. The van der Waals surface area contributed by atoms with E-state index in [1.807, 2.05) is 18.2 Å². The monoisotopic (exact) mass is 314 g/mol. The summed E-state index contributed by atoms with van der Waals surface area (Å²) in [5.74, 6) is -1.30. The van der Waals surface area contributed by atoms with Crippen molar-refractivity contribution in [3.8, 4) is 0 Å². The maximum atomic E-state index is 11.7. The number of nitrogens with two attached hydrogens (primary N) is 1. The molecule has 0 saturated heterocycles. The molecule has 0 aliphatic carbocycles. The van der Waals surface area contributed by atoms with Crippen molar-refractivity contribution in [2.24, 2.45) is 5.73 Å². The Balaban J connectivity index is 0.00000400. The van der Waals surface area contributed by atoms with Crippen LogP contribution in [0.3, 0.4) is 0 Å². The fraction of sp³-hybridized carbons (Fsp3) is 0.467. The minimum absolute atomic E-state index is 0. The average molecular weight is 315 g/mol. The average Bonchev–Trinajstić information content (AvgIpc) is 2.40. The van der Waals surface area contributed by atoms with Crippen molar-refractivity contribution in [3.63, 3.8) is 0 Å². The molecule has 118 valence electrons. The van der Waals surface area contributed by atoms with Gasteiger partial charge in [0, 0.05) is 5.69 Å². The second-order valence-corrected chi connectivity index (χ2v) is 4.78. The minimum Gasteiger partial charge on any atom is -0.459 e. The first kappa shape index (κ1) is 19.4. The van der Waals surface area contributed by atoms with Crippen LogP contribution in [0, 0.1) is 0 Å². The van der Waals surface area contributed by atoms with Gasteiger partial charge >= 0.3 is 11.9 Å². The van der Waals surface area contributed by atoms with E-state index in [-0.39, 0.29) is 19.0 Å². The standard InChI is InChI=1S/C15H22N2O3.ClH/c1-4-20-15(19)14(18)17-13-9-12(10(2)3)6-5-11(13)7-8-16;/h5-6,9-10H,4,7-8,16H2,1-3H3,(H,17,18);1H. The first-order chi connectivity index (χ1) is 9.49. The molecule has 0 heterocycles. The van der Waals surface area contributed by atoms with Gasteiger partial charge in [-0.25, -0.2) is 4.79 Å². The second kappa shape index (κ2) is 9.37. The molecule has 21 heavy (non-hydrogen) atoms. The first-order valence-corrected chi connectivity index (χ1v) is 6.80. The van der Waals surface area contributed by atoms with Crippen LogP contribution in [0.5, 0.6) is 0 Å². The number of carbonyl (C=O) groups is 2. The highest BCUT2D eigenvalue weighted by Gasteiger charge is 2.17. The largest absolute Gasteiger partial charge is 0.459 e. The van der Waals surface area contributed by atoms with Crippen LogP contribution in [0.15, 0.2) is 18.2 Å². The third-order valence-corrected chi connectivity index (χ3v) is 2.92. The predicted octanol–water partition coefficient (Wildman–Crippen LogP) is 2.23. The van der Waals surface area contributed by atoms with Crippen LogP contribution < -0.4 is 11.1 Å². The summed E-state index contributed by atoms with van der Waals surface area (Å²) < 4.78 is 4.68. The Hall–Kier alpha value is -1.59. The van der Waals surface area contributed by atoms with Crippen molar-refractivity contribution in [3.05, 3.63) is 29.3 Å². The van der Waals surface area contributed by atoms with Gasteiger partial charge in [-0.15, -0.1) is 12.4 Å². The normalized spacial score (nSPS) is 9.95. The van der Waals surface area contributed by atoms with E-state index in [4.69, 9.17) is 5.73 Å². The van der Waals surface area contributed by atoms with Crippen LogP contribution in [0.1, 0.15) is 37.8 Å². The Morgan fingerprint density at radius 1 is 1.33 bits per heavy atom. The van der Waals surface area contributed by atoms with E-state index in [2.05, 4.69) is 23.9 Å². The molecule has 1 aromatic rings. The Kier molecular flexibility index (Phi) is 8.66. The fourth-order valence-electron chi connectivity index (χ4n) is 1.81. The number of rotatable bonds is 5. The number of carbonyl (C=O) groups excluding carboxylic acids is 2. The quantitative estimate of drug-likeness (QED) is 0.645. The van der Waals surface area contributed by atoms with Gasteiger partial charge in [0.15, 0.2) is 0 Å². The van der Waals surface area contributed by atoms with E-state index >= 15 is 0 Å². The maximum absolute atomic E-state index is 11.7. The molecule has 0 radical (unpaired) electrons. The number of nitrogens with one attached hydrogen (secondary N) is 1. The number of hydrogen-bond donors (Lipinski definition) is 2. The molecule has 1 rings (SSSR count). The number of anilines is 1. The van der Waals surface area contributed by atoms with Crippen LogP contribution in [0.4, 0.5) is 5.69 Å². The van der Waals surface area contributed by atoms with Gasteiger partial charge in [-0.05, 0) is 43.0 Å². The van der Waals surface area contributed by atoms with Gasteiger partial charge in [0.1, 0.15) is 0 Å². The summed E-state index contributed by atoms with van der Waals surface area (Å²) in [5, 5.41) is 2.61. The lowest BCUT2D eigenvalue weighted by Gasteiger charge is -2.14. The van der Waals surface area contributed by atoms with Gasteiger partial charge < -0.3 is 15.8 Å². The van der Waals surface area contributed by atoms with E-state index in [9.17, 15) is 9.59 Å². The second-order valence-electron chi connectivity index (χ2n) is 4.78. The van der Waals surface area contributed by atoms with Crippen LogP contribution in [-0.4, -0.2) is 25.0 Å². The van der Waals surface area contributed by atoms with Crippen molar-refractivity contribution < 1.29 is 14.3 Å². The Morgan fingerprint density at radius 2 is 2.00 bits per heavy atom. The molecular weight excluding hydrogens is 292 g/mol. The molecule has 3 N–H and O–H groups in total. The van der Waals surface area contributed by atoms with Gasteiger partial charge in [0.25, 0.3) is 0 Å². The minimum atomic E-state index is -0.874. The lowest BCUT2D eigenvalue weighted by molar-refractivity contribution is -0.152. The molecule has 5 nitrogen and oxygen atoms in total. The number of benzene rings is 1. The molecule has 0 saturated carbocycles. The maximum Gasteiger partial charge on any atom is 0.397 e. The Morgan fingerprint density at radius 3 is 2.52 bits per heavy atom. The fourth-order valence-corrected chi connectivity index (χ4v) is 1.81. The number of hydrogen-bond acceptors (Lipinski definition) is 4. The van der Waals surface area contributed by atoms with E-state index in [0.717, 1.165) is 11.1 Å². The summed E-state index contributed by atoms with van der Waals surface area (Å²) in [5.41, 5.74) is 8.19. The summed E-state index contributed by atoms with van der Waals surface area (Å²) in [4.78, 5) is 23.1. The van der Waals surface area contributed by atoms with Crippen molar-refractivity contribution in [1.29, 1.82) is 0 Å². The number of ether oxygens (including phenoxy) is 1. The summed E-state index contributed by atoms with van der Waals surface area (Å²) in [7, 11) is 0. The zero-order valence-electron chi connectivity index (χ0n) is 12.6. The molecule has 0 unspecified atom stereocenters. The van der Waals surface area contributed by atoms with E-state index < -0.39 is 11.9 Å². The summed E-state index contributed by atoms with van der Waals surface area (Å²) in [6, 6.07) is 5.82. The van der Waals surface area contributed by atoms with E-state index in [0.29, 0.717) is 24.6 Å². The SMILES string of the molecule is CCOC(=O)C(=O)Nc1cc(C(C)C)ccc1CCN.Cl. The van der Waals surface area contributed by atoms with Gasteiger partial charge in [0.2, 0.25) is 0 Å². The van der Waals surface area contributed by atoms with Crippen LogP contribution in [-0.2, 0) is 20.7 Å². The zero-order valence-corrected chi connectivity index (χ0v) is 13.5. The van der Waals surface area contributed by atoms with Gasteiger partial charge in [0.05, 0.1) is 6.61 Å². The van der Waals surface area contributed by atoms with E-state index in [1.165, 1.54) is 0 Å². The molecular formula is C15H23ClN2O3. The van der Waals surface area contributed by atoms with Crippen molar-refractivity contribution in [2.45, 2.75) is 33.1 Å². The highest BCUT2D eigenvalue weighted by molar-refractivity contribution is 6.37. The van der Waals surface area contributed by atoms with E-state index in [1.54, 1.807) is 6.92 Å². The van der Waals surface area contributed by atoms with Gasteiger partial charge in [-0.2, -0.15) is 0 Å². The van der Waals surface area contributed by atoms with Crippen molar-refractivity contribution in [2.75, 3.05) is 18.5 Å². The lowest BCUT2D eigenvalue weighted by atomic mass is 9.99. The summed E-state index contributed by atoms with van der Waals surface area (Å²) >= 11 is 0. The van der Waals surface area contributed by atoms with Gasteiger partial charge in [-0.1, -0.05) is 26.0 Å². The molecule has 1 aromatic carbocycles. The molecule has 0 aliphatic heterocycles. The molecule has 0 aromatic heterocycles. The zero-order chi connectivity index (χ0) is 15.1. The topological polar surface area (TPSA) is 81.4 Å². The van der Waals surface area contributed by atoms with Gasteiger partial charge in [-0.3, -0.25) is 4.79 Å². The first-order valence-electron chi connectivity index (χ1n) is 6.80. The Bertz CT molecular complexity index is 490. The Labute approximate surface area is 131 Å². The highest BCUT2D eigenvalue weighted by atomic mass is 35.5.